The third-order valence-corrected chi connectivity index (χ3v) is 5.82. The lowest BCUT2D eigenvalue weighted by atomic mass is 10.1. The summed E-state index contributed by atoms with van der Waals surface area (Å²) in [5.74, 6) is 0.0123. The minimum atomic E-state index is -3.35. The standard InChI is InChI=1S/C21H19N5O4S/c1-31(29,30)17-4-2-3-16(11-17)18-12-19(24-20-9-10-23-26(18)20)22-13-14-5-7-15(8-6-14)21(27)25-28/h2-12,28H,13H2,1H3,(H,22,24)(H,25,27). The van der Waals surface area contributed by atoms with Gasteiger partial charge in [0.05, 0.1) is 16.8 Å². The van der Waals surface area contributed by atoms with Crippen LogP contribution in [0.15, 0.2) is 71.8 Å². The van der Waals surface area contributed by atoms with Crippen LogP contribution >= 0.6 is 0 Å². The molecule has 1 amide bonds. The van der Waals surface area contributed by atoms with Crippen molar-refractivity contribution in [3.05, 3.63) is 78.0 Å². The number of sulfone groups is 1. The molecule has 0 aliphatic carbocycles. The lowest BCUT2D eigenvalue weighted by Gasteiger charge is -2.11. The van der Waals surface area contributed by atoms with Crippen LogP contribution in [-0.2, 0) is 16.4 Å². The van der Waals surface area contributed by atoms with Crippen LogP contribution in [-0.4, -0.2) is 40.4 Å². The number of nitrogens with one attached hydrogen (secondary N) is 2. The number of amides is 1. The molecule has 0 spiro atoms. The first-order chi connectivity index (χ1) is 14.8. The fraction of sp³-hybridized carbons (Fsp3) is 0.0952. The van der Waals surface area contributed by atoms with Crippen molar-refractivity contribution in [3.8, 4) is 11.3 Å². The molecule has 10 heteroatoms. The van der Waals surface area contributed by atoms with Crippen molar-refractivity contribution in [2.45, 2.75) is 11.4 Å². The van der Waals surface area contributed by atoms with Crippen LogP contribution in [0.25, 0.3) is 16.9 Å². The molecule has 0 bridgehead atoms. The van der Waals surface area contributed by atoms with E-state index in [1.165, 1.54) is 6.26 Å². The molecule has 9 nitrogen and oxygen atoms in total. The van der Waals surface area contributed by atoms with E-state index in [0.717, 1.165) is 5.56 Å². The summed E-state index contributed by atoms with van der Waals surface area (Å²) in [5.41, 5.74) is 4.85. The topological polar surface area (TPSA) is 126 Å². The molecule has 31 heavy (non-hydrogen) atoms. The first-order valence-electron chi connectivity index (χ1n) is 9.28. The summed E-state index contributed by atoms with van der Waals surface area (Å²) in [4.78, 5) is 16.2. The van der Waals surface area contributed by atoms with Crippen LogP contribution in [0.4, 0.5) is 5.82 Å². The lowest BCUT2D eigenvalue weighted by molar-refractivity contribution is 0.0706. The first-order valence-corrected chi connectivity index (χ1v) is 11.2. The Labute approximate surface area is 178 Å². The van der Waals surface area contributed by atoms with E-state index in [1.54, 1.807) is 70.8 Å². The summed E-state index contributed by atoms with van der Waals surface area (Å²) >= 11 is 0. The molecular weight excluding hydrogens is 418 g/mol. The normalized spacial score (nSPS) is 11.4. The summed E-state index contributed by atoms with van der Waals surface area (Å²) in [7, 11) is -3.35. The van der Waals surface area contributed by atoms with Gasteiger partial charge in [0.1, 0.15) is 5.82 Å². The molecule has 0 saturated heterocycles. The molecule has 0 unspecified atom stereocenters. The number of anilines is 1. The maximum absolute atomic E-state index is 12.0. The minimum absolute atomic E-state index is 0.226. The first kappa shape index (κ1) is 20.5. The van der Waals surface area contributed by atoms with E-state index in [-0.39, 0.29) is 4.90 Å². The number of nitrogens with zero attached hydrogens (tertiary/aromatic N) is 3. The van der Waals surface area contributed by atoms with Crippen molar-refractivity contribution in [2.24, 2.45) is 0 Å². The molecule has 2 heterocycles. The van der Waals surface area contributed by atoms with Gasteiger partial charge in [-0.25, -0.2) is 23.4 Å². The lowest BCUT2D eigenvalue weighted by Crippen LogP contribution is -2.18. The van der Waals surface area contributed by atoms with Crippen LogP contribution in [0.2, 0.25) is 0 Å². The molecule has 0 radical (unpaired) electrons. The van der Waals surface area contributed by atoms with Crippen LogP contribution in [0.3, 0.4) is 0 Å². The van der Waals surface area contributed by atoms with E-state index < -0.39 is 15.7 Å². The van der Waals surface area contributed by atoms with Crippen molar-refractivity contribution in [3.63, 3.8) is 0 Å². The fourth-order valence-corrected chi connectivity index (χ4v) is 3.79. The second kappa shape index (κ2) is 8.17. The second-order valence-electron chi connectivity index (χ2n) is 6.92. The Morgan fingerprint density at radius 2 is 1.87 bits per heavy atom. The molecule has 0 aliphatic rings. The van der Waals surface area contributed by atoms with Crippen LogP contribution in [0.1, 0.15) is 15.9 Å². The quantitative estimate of drug-likeness (QED) is 0.313. The summed E-state index contributed by atoms with van der Waals surface area (Å²) in [6, 6.07) is 17.0. The second-order valence-corrected chi connectivity index (χ2v) is 8.93. The van der Waals surface area contributed by atoms with Crippen LogP contribution in [0, 0.1) is 0 Å². The molecule has 3 N–H and O–H groups in total. The Bertz CT molecular complexity index is 1360. The summed E-state index contributed by atoms with van der Waals surface area (Å²) in [6.45, 7) is 0.446. The Morgan fingerprint density at radius 3 is 2.58 bits per heavy atom. The predicted octanol–water partition coefficient (Wildman–Crippen LogP) is 2.53. The van der Waals surface area contributed by atoms with E-state index in [9.17, 15) is 13.2 Å². The van der Waals surface area contributed by atoms with E-state index >= 15 is 0 Å². The number of rotatable bonds is 6. The Morgan fingerprint density at radius 1 is 1.10 bits per heavy atom. The van der Waals surface area contributed by atoms with Gasteiger partial charge in [-0.1, -0.05) is 24.3 Å². The van der Waals surface area contributed by atoms with Crippen molar-refractivity contribution in [2.75, 3.05) is 11.6 Å². The highest BCUT2D eigenvalue weighted by atomic mass is 32.2. The summed E-state index contributed by atoms with van der Waals surface area (Å²) < 4.78 is 25.6. The molecular formula is C21H19N5O4S. The number of hydrogen-bond acceptors (Lipinski definition) is 7. The summed E-state index contributed by atoms with van der Waals surface area (Å²) in [5, 5.41) is 16.2. The highest BCUT2D eigenvalue weighted by Crippen LogP contribution is 2.25. The third kappa shape index (κ3) is 4.39. The molecule has 0 aliphatic heterocycles. The van der Waals surface area contributed by atoms with E-state index in [2.05, 4.69) is 15.4 Å². The summed E-state index contributed by atoms with van der Waals surface area (Å²) in [6.07, 6.45) is 2.80. The van der Waals surface area contributed by atoms with Crippen molar-refractivity contribution >= 4 is 27.2 Å². The molecule has 158 valence electrons. The number of hydroxylamine groups is 1. The molecule has 0 atom stereocenters. The molecule has 0 fully saturated rings. The largest absolute Gasteiger partial charge is 0.366 e. The maximum atomic E-state index is 12.0. The van der Waals surface area contributed by atoms with E-state index in [0.29, 0.717) is 34.8 Å². The number of aromatic nitrogens is 3. The van der Waals surface area contributed by atoms with Gasteiger partial charge in [0, 0.05) is 36.1 Å². The third-order valence-electron chi connectivity index (χ3n) is 4.71. The van der Waals surface area contributed by atoms with Gasteiger partial charge >= 0.3 is 0 Å². The van der Waals surface area contributed by atoms with Gasteiger partial charge < -0.3 is 5.32 Å². The Hall–Kier alpha value is -3.76. The number of hydrogen-bond donors (Lipinski definition) is 3. The number of carbonyl (C=O) groups excluding carboxylic acids is 1. The van der Waals surface area contributed by atoms with Gasteiger partial charge in [0.25, 0.3) is 5.91 Å². The van der Waals surface area contributed by atoms with Crippen molar-refractivity contribution in [1.29, 1.82) is 0 Å². The predicted molar refractivity (Wildman–Crippen MR) is 115 cm³/mol. The molecule has 4 aromatic rings. The van der Waals surface area contributed by atoms with Gasteiger partial charge in [-0.2, -0.15) is 5.10 Å². The number of benzene rings is 2. The average Bonchev–Trinajstić information content (AvgIpc) is 3.25. The van der Waals surface area contributed by atoms with Gasteiger partial charge in [-0.3, -0.25) is 10.0 Å². The zero-order valence-electron chi connectivity index (χ0n) is 16.5. The highest BCUT2D eigenvalue weighted by molar-refractivity contribution is 7.90. The highest BCUT2D eigenvalue weighted by Gasteiger charge is 2.13. The van der Waals surface area contributed by atoms with Gasteiger partial charge in [-0.05, 0) is 29.8 Å². The molecule has 0 saturated carbocycles. The maximum Gasteiger partial charge on any atom is 0.274 e. The van der Waals surface area contributed by atoms with Crippen molar-refractivity contribution in [1.82, 2.24) is 20.1 Å². The van der Waals surface area contributed by atoms with Crippen LogP contribution < -0.4 is 10.8 Å². The molecule has 4 rings (SSSR count). The van der Waals surface area contributed by atoms with Gasteiger partial charge in [-0.15, -0.1) is 0 Å². The monoisotopic (exact) mass is 437 g/mol. The Balaban J connectivity index is 1.64. The number of carbonyl (C=O) groups is 1. The smallest absolute Gasteiger partial charge is 0.274 e. The van der Waals surface area contributed by atoms with E-state index in [4.69, 9.17) is 5.21 Å². The average molecular weight is 437 g/mol. The zero-order valence-corrected chi connectivity index (χ0v) is 17.3. The number of fused-ring (bicyclic) bond motifs is 1. The van der Waals surface area contributed by atoms with Crippen molar-refractivity contribution < 1.29 is 18.4 Å². The minimum Gasteiger partial charge on any atom is -0.366 e. The molecule has 2 aromatic carbocycles. The van der Waals surface area contributed by atoms with Gasteiger partial charge in [0.15, 0.2) is 15.5 Å². The zero-order chi connectivity index (χ0) is 22.0. The Kier molecular flexibility index (Phi) is 5.40. The SMILES string of the molecule is CS(=O)(=O)c1cccc(-c2cc(NCc3ccc(C(=O)NO)cc3)nc3ccnn23)c1. The van der Waals surface area contributed by atoms with Crippen LogP contribution in [0.5, 0.6) is 0 Å². The fourth-order valence-electron chi connectivity index (χ4n) is 3.13. The van der Waals surface area contributed by atoms with E-state index in [1.807, 2.05) is 6.07 Å². The molecule has 2 aromatic heterocycles. The van der Waals surface area contributed by atoms with Gasteiger partial charge in [0.2, 0.25) is 0 Å².